The lowest BCUT2D eigenvalue weighted by Gasteiger charge is -2.06. The van der Waals surface area contributed by atoms with Crippen molar-refractivity contribution >= 4 is 10.8 Å². The van der Waals surface area contributed by atoms with E-state index >= 15 is 0 Å². The molecular formula is C12H11F2N. The molecule has 0 spiro atoms. The highest BCUT2D eigenvalue weighted by Gasteiger charge is 2.08. The number of benzene rings is 1. The number of aryl methyl sites for hydroxylation is 2. The molecule has 0 radical (unpaired) electrons. The number of hydrogen-bond donors (Lipinski definition) is 0. The second-order valence-electron chi connectivity index (χ2n) is 3.54. The first-order valence-electron chi connectivity index (χ1n) is 4.87. The van der Waals surface area contributed by atoms with E-state index in [-0.39, 0.29) is 0 Å². The highest BCUT2D eigenvalue weighted by molar-refractivity contribution is 5.85. The maximum Gasteiger partial charge on any atom is 0.134 e. The first-order valence-corrected chi connectivity index (χ1v) is 4.87. The molecule has 2 rings (SSSR count). The van der Waals surface area contributed by atoms with Gasteiger partial charge >= 0.3 is 0 Å². The lowest BCUT2D eigenvalue weighted by molar-refractivity contribution is 0.591. The van der Waals surface area contributed by atoms with E-state index in [2.05, 4.69) is 4.98 Å². The van der Waals surface area contributed by atoms with Crippen LogP contribution >= 0.6 is 0 Å². The van der Waals surface area contributed by atoms with Gasteiger partial charge in [-0.05, 0) is 25.5 Å². The normalized spacial score (nSPS) is 10.9. The van der Waals surface area contributed by atoms with Crippen molar-refractivity contribution in [1.29, 1.82) is 0 Å². The van der Waals surface area contributed by atoms with Gasteiger partial charge in [-0.2, -0.15) is 0 Å². The topological polar surface area (TPSA) is 12.9 Å². The molecule has 1 aromatic heterocycles. The van der Waals surface area contributed by atoms with Crippen molar-refractivity contribution in [3.63, 3.8) is 0 Å². The van der Waals surface area contributed by atoms with Crippen LogP contribution in [0.15, 0.2) is 18.2 Å². The zero-order valence-corrected chi connectivity index (χ0v) is 8.64. The largest absolute Gasteiger partial charge is 0.258 e. The molecule has 0 saturated carbocycles. The van der Waals surface area contributed by atoms with Crippen LogP contribution in [0.25, 0.3) is 10.8 Å². The molecule has 0 unspecified atom stereocenters. The van der Waals surface area contributed by atoms with Gasteiger partial charge in [0.2, 0.25) is 0 Å². The summed E-state index contributed by atoms with van der Waals surface area (Å²) in [5.41, 5.74) is 1.49. The van der Waals surface area contributed by atoms with Crippen LogP contribution in [0.3, 0.4) is 0 Å². The van der Waals surface area contributed by atoms with Crippen LogP contribution in [0.2, 0.25) is 0 Å². The number of aromatic nitrogens is 1. The summed E-state index contributed by atoms with van der Waals surface area (Å²) in [6.45, 7) is 3.72. The fraction of sp³-hybridized carbons (Fsp3) is 0.250. The van der Waals surface area contributed by atoms with Gasteiger partial charge in [0.15, 0.2) is 0 Å². The maximum atomic E-state index is 13.5. The predicted octanol–water partition coefficient (Wildman–Crippen LogP) is 3.38. The minimum Gasteiger partial charge on any atom is -0.258 e. The molecule has 3 heteroatoms. The van der Waals surface area contributed by atoms with Gasteiger partial charge in [-0.25, -0.2) is 8.78 Å². The summed E-state index contributed by atoms with van der Waals surface area (Å²) < 4.78 is 26.5. The number of fused-ring (bicyclic) bond motifs is 1. The highest BCUT2D eigenvalue weighted by atomic mass is 19.1. The summed E-state index contributed by atoms with van der Waals surface area (Å²) in [7, 11) is 0. The van der Waals surface area contributed by atoms with E-state index in [1.54, 1.807) is 13.0 Å². The standard InChI is InChI=1S/C12H11F2N/c1-3-9-6-11-10(7(2)15-9)4-8(13)5-12(11)14/h4-6H,3H2,1-2H3. The molecule has 1 nitrogen and oxygen atoms in total. The number of halogens is 2. The summed E-state index contributed by atoms with van der Waals surface area (Å²) in [6.07, 6.45) is 0.744. The smallest absolute Gasteiger partial charge is 0.134 e. The molecule has 1 heterocycles. The van der Waals surface area contributed by atoms with E-state index in [1.807, 2.05) is 6.92 Å². The zero-order valence-electron chi connectivity index (χ0n) is 8.64. The molecule has 0 saturated heterocycles. The fourth-order valence-electron chi connectivity index (χ4n) is 1.69. The van der Waals surface area contributed by atoms with Gasteiger partial charge in [0.25, 0.3) is 0 Å². The van der Waals surface area contributed by atoms with E-state index in [1.165, 1.54) is 6.07 Å². The van der Waals surface area contributed by atoms with Crippen LogP contribution < -0.4 is 0 Å². The molecule has 0 amide bonds. The molecule has 1 aromatic carbocycles. The van der Waals surface area contributed by atoms with Gasteiger partial charge in [0.1, 0.15) is 11.6 Å². The number of nitrogens with zero attached hydrogens (tertiary/aromatic N) is 1. The van der Waals surface area contributed by atoms with Crippen LogP contribution in [0.1, 0.15) is 18.3 Å². The first-order chi connectivity index (χ1) is 7.11. The quantitative estimate of drug-likeness (QED) is 0.698. The molecule has 0 aliphatic heterocycles. The van der Waals surface area contributed by atoms with Crippen LogP contribution in [-0.4, -0.2) is 4.98 Å². The van der Waals surface area contributed by atoms with Crippen LogP contribution in [-0.2, 0) is 6.42 Å². The molecule has 0 aliphatic carbocycles. The molecule has 0 atom stereocenters. The van der Waals surface area contributed by atoms with E-state index in [0.29, 0.717) is 16.5 Å². The molecular weight excluding hydrogens is 196 g/mol. The maximum absolute atomic E-state index is 13.5. The number of pyridine rings is 1. The second kappa shape index (κ2) is 3.57. The summed E-state index contributed by atoms with van der Waals surface area (Å²) >= 11 is 0. The summed E-state index contributed by atoms with van der Waals surface area (Å²) in [4.78, 5) is 4.27. The van der Waals surface area contributed by atoms with Crippen LogP contribution in [0, 0.1) is 18.6 Å². The predicted molar refractivity (Wildman–Crippen MR) is 55.8 cm³/mol. The minimum atomic E-state index is -0.561. The lowest BCUT2D eigenvalue weighted by atomic mass is 10.1. The molecule has 0 bridgehead atoms. The molecule has 78 valence electrons. The summed E-state index contributed by atoms with van der Waals surface area (Å²) in [5, 5.41) is 0.991. The highest BCUT2D eigenvalue weighted by Crippen LogP contribution is 2.22. The summed E-state index contributed by atoms with van der Waals surface area (Å²) in [6, 6.07) is 3.90. The Kier molecular flexibility index (Phi) is 2.39. The van der Waals surface area contributed by atoms with E-state index in [4.69, 9.17) is 0 Å². The van der Waals surface area contributed by atoms with Crippen molar-refractivity contribution < 1.29 is 8.78 Å². The third-order valence-electron chi connectivity index (χ3n) is 2.47. The van der Waals surface area contributed by atoms with Gasteiger partial charge in [0.05, 0.1) is 0 Å². The zero-order chi connectivity index (χ0) is 11.0. The van der Waals surface area contributed by atoms with Crippen molar-refractivity contribution in [2.75, 3.05) is 0 Å². The molecule has 0 N–H and O–H groups in total. The SMILES string of the molecule is CCc1cc2c(F)cc(F)cc2c(C)n1. The third-order valence-corrected chi connectivity index (χ3v) is 2.47. The number of rotatable bonds is 1. The Morgan fingerprint density at radius 1 is 1.13 bits per heavy atom. The molecule has 2 aromatic rings. The lowest BCUT2D eigenvalue weighted by Crippen LogP contribution is -1.94. The van der Waals surface area contributed by atoms with Crippen molar-refractivity contribution in [3.8, 4) is 0 Å². The van der Waals surface area contributed by atoms with Crippen molar-refractivity contribution in [1.82, 2.24) is 4.98 Å². The molecule has 15 heavy (non-hydrogen) atoms. The molecule has 0 fully saturated rings. The molecule has 0 aliphatic rings. The van der Waals surface area contributed by atoms with Gasteiger partial charge in [0, 0.05) is 28.2 Å². The van der Waals surface area contributed by atoms with Crippen molar-refractivity contribution in [2.45, 2.75) is 20.3 Å². The Labute approximate surface area is 86.8 Å². The van der Waals surface area contributed by atoms with Crippen LogP contribution in [0.5, 0.6) is 0 Å². The van der Waals surface area contributed by atoms with Gasteiger partial charge < -0.3 is 0 Å². The Hall–Kier alpha value is -1.51. The Balaban J connectivity index is 2.85. The Morgan fingerprint density at radius 3 is 2.53 bits per heavy atom. The average molecular weight is 207 g/mol. The fourth-order valence-corrected chi connectivity index (χ4v) is 1.69. The third kappa shape index (κ3) is 1.69. The van der Waals surface area contributed by atoms with Crippen molar-refractivity contribution in [3.05, 3.63) is 41.2 Å². The monoisotopic (exact) mass is 207 g/mol. The van der Waals surface area contributed by atoms with Gasteiger partial charge in [-0.15, -0.1) is 0 Å². The second-order valence-corrected chi connectivity index (χ2v) is 3.54. The van der Waals surface area contributed by atoms with E-state index < -0.39 is 11.6 Å². The first kappa shape index (κ1) is 10.0. The van der Waals surface area contributed by atoms with E-state index in [9.17, 15) is 8.78 Å². The van der Waals surface area contributed by atoms with E-state index in [0.717, 1.165) is 18.2 Å². The minimum absolute atomic E-state index is 0.445. The summed E-state index contributed by atoms with van der Waals surface area (Å²) in [5.74, 6) is -1.08. The van der Waals surface area contributed by atoms with Gasteiger partial charge in [-0.1, -0.05) is 6.92 Å². The average Bonchev–Trinajstić information content (AvgIpc) is 2.19. The van der Waals surface area contributed by atoms with Crippen molar-refractivity contribution in [2.24, 2.45) is 0 Å². The van der Waals surface area contributed by atoms with Crippen LogP contribution in [0.4, 0.5) is 8.78 Å². The number of hydrogen-bond acceptors (Lipinski definition) is 1. The van der Waals surface area contributed by atoms with Gasteiger partial charge in [-0.3, -0.25) is 4.98 Å². The Bertz CT molecular complexity index is 521. The Morgan fingerprint density at radius 2 is 1.87 bits per heavy atom.